The molecule has 1 aromatic carbocycles. The molecule has 1 amide bonds. The van der Waals surface area contributed by atoms with Crippen LogP contribution in [0, 0.1) is 24.2 Å². The molecule has 0 radical (unpaired) electrons. The number of ether oxygens (including phenoxy) is 2. The smallest absolute Gasteiger partial charge is 0.410 e. The molecule has 3 aliphatic rings. The number of hydrogen-bond acceptors (Lipinski definition) is 6. The van der Waals surface area contributed by atoms with Gasteiger partial charge in [-0.25, -0.2) is 14.6 Å². The molecule has 8 nitrogen and oxygen atoms in total. The third kappa shape index (κ3) is 4.40. The van der Waals surface area contributed by atoms with E-state index in [0.717, 1.165) is 25.7 Å². The van der Waals surface area contributed by atoms with E-state index in [1.165, 1.54) is 12.4 Å². The first-order chi connectivity index (χ1) is 15.8. The molecule has 0 spiro atoms. The number of rotatable bonds is 5. The summed E-state index contributed by atoms with van der Waals surface area (Å²) < 4.78 is 26.8. The average molecular weight is 472 g/mol. The number of nitrogens with zero attached hydrogens (tertiary/aromatic N) is 4. The van der Waals surface area contributed by atoms with E-state index in [1.54, 1.807) is 17.0 Å². The Morgan fingerprint density at radius 3 is 2.67 bits per heavy atom. The van der Waals surface area contributed by atoms with Gasteiger partial charge in [-0.3, -0.25) is 0 Å². The van der Waals surface area contributed by atoms with Crippen LogP contribution in [0.3, 0.4) is 0 Å². The summed E-state index contributed by atoms with van der Waals surface area (Å²) in [4.78, 5) is 25.6. The molecule has 2 unspecified atom stereocenters. The van der Waals surface area contributed by atoms with Crippen LogP contribution in [0.25, 0.3) is 4.85 Å². The molecule has 1 saturated heterocycles. The molecule has 33 heavy (non-hydrogen) atoms. The van der Waals surface area contributed by atoms with Gasteiger partial charge in [0, 0.05) is 24.9 Å². The molecule has 2 aliphatic carbocycles. The number of carbonyl (C=O) groups is 1. The number of fused-ring (bicyclic) bond motifs is 2. The predicted octanol–water partition coefficient (Wildman–Crippen LogP) is 5.34. The topological polar surface area (TPSA) is 80.9 Å². The first-order valence-electron chi connectivity index (χ1n) is 10.9. The number of likely N-dealkylation sites (tertiary alicyclic amines) is 1. The van der Waals surface area contributed by atoms with E-state index in [-0.39, 0.29) is 46.4 Å². The Bertz CT molecular complexity index is 1120. The van der Waals surface area contributed by atoms with Gasteiger partial charge in [-0.05, 0) is 44.7 Å². The largest absolute Gasteiger partial charge is 0.471 e. The van der Waals surface area contributed by atoms with Crippen LogP contribution in [-0.4, -0.2) is 45.8 Å². The van der Waals surface area contributed by atoms with Gasteiger partial charge in [0.2, 0.25) is 5.82 Å². The highest BCUT2D eigenvalue weighted by molar-refractivity contribution is 6.33. The standard InChI is InChI=1S/C23H23ClFN5O3/c1-23(7-8-23)33-22(31)30-10-13-3-4-14(11-30)19(13)32-21-18(25)20(27-12-28-21)29-17-6-5-15(26-2)9-16(17)24/h5-6,9,12-14,19H,3-4,7-8,10-11H2,1H3,(H,27,28,29). The number of aromatic nitrogens is 2. The maximum Gasteiger partial charge on any atom is 0.410 e. The van der Waals surface area contributed by atoms with Crippen LogP contribution < -0.4 is 10.1 Å². The monoisotopic (exact) mass is 471 g/mol. The molecular weight excluding hydrogens is 449 g/mol. The summed E-state index contributed by atoms with van der Waals surface area (Å²) in [6.07, 6.45) is 4.34. The van der Waals surface area contributed by atoms with Crippen molar-refractivity contribution in [3.63, 3.8) is 0 Å². The fraction of sp³-hybridized carbons (Fsp3) is 0.478. The van der Waals surface area contributed by atoms with Crippen LogP contribution in [0.2, 0.25) is 5.02 Å². The number of benzene rings is 1. The van der Waals surface area contributed by atoms with Crippen molar-refractivity contribution >= 4 is 34.9 Å². The normalized spacial score (nSPS) is 24.7. The van der Waals surface area contributed by atoms with Crippen LogP contribution >= 0.6 is 11.6 Å². The van der Waals surface area contributed by atoms with Gasteiger partial charge < -0.3 is 19.7 Å². The quantitative estimate of drug-likeness (QED) is 0.593. The lowest BCUT2D eigenvalue weighted by Crippen LogP contribution is -2.50. The minimum Gasteiger partial charge on any atom is -0.471 e. The number of nitrogens with one attached hydrogen (secondary N) is 1. The SMILES string of the molecule is [C-]#[N+]c1ccc(Nc2ncnc(OC3C4CCC3CN(C(=O)OC3(C)CC3)C4)c2F)c(Cl)c1. The summed E-state index contributed by atoms with van der Waals surface area (Å²) in [6, 6.07) is 4.67. The van der Waals surface area contributed by atoms with Crippen molar-refractivity contribution in [3.8, 4) is 5.88 Å². The minimum absolute atomic E-state index is 0.0662. The highest BCUT2D eigenvalue weighted by Crippen LogP contribution is 2.42. The lowest BCUT2D eigenvalue weighted by Gasteiger charge is -2.37. The summed E-state index contributed by atoms with van der Waals surface area (Å²) in [5.41, 5.74) is 0.495. The van der Waals surface area contributed by atoms with Gasteiger partial charge in [-0.15, -0.1) is 0 Å². The average Bonchev–Trinajstić information content (AvgIpc) is 3.48. The van der Waals surface area contributed by atoms with Crippen molar-refractivity contribution < 1.29 is 18.7 Å². The van der Waals surface area contributed by atoms with Crippen molar-refractivity contribution in [3.05, 3.63) is 46.8 Å². The molecule has 2 heterocycles. The fourth-order valence-electron chi connectivity index (χ4n) is 4.52. The van der Waals surface area contributed by atoms with Crippen LogP contribution in [0.4, 0.5) is 26.4 Å². The second kappa shape index (κ2) is 8.34. The zero-order valence-electron chi connectivity index (χ0n) is 18.1. The Morgan fingerprint density at radius 2 is 2.03 bits per heavy atom. The van der Waals surface area contributed by atoms with Crippen LogP contribution in [-0.2, 0) is 4.74 Å². The van der Waals surface area contributed by atoms with E-state index in [2.05, 4.69) is 20.1 Å². The van der Waals surface area contributed by atoms with Crippen molar-refractivity contribution in [1.82, 2.24) is 14.9 Å². The molecule has 1 N–H and O–H groups in total. The summed E-state index contributed by atoms with van der Waals surface area (Å²) in [5.74, 6) is -0.742. The van der Waals surface area contributed by atoms with E-state index >= 15 is 4.39 Å². The third-order valence-electron chi connectivity index (χ3n) is 6.63. The lowest BCUT2D eigenvalue weighted by atomic mass is 9.95. The van der Waals surface area contributed by atoms with Gasteiger partial charge >= 0.3 is 6.09 Å². The molecule has 2 bridgehead atoms. The number of halogens is 2. The molecule has 2 saturated carbocycles. The van der Waals surface area contributed by atoms with Gasteiger partial charge in [0.15, 0.2) is 11.5 Å². The molecule has 10 heteroatoms. The van der Waals surface area contributed by atoms with Crippen LogP contribution in [0.5, 0.6) is 5.88 Å². The van der Waals surface area contributed by atoms with Crippen molar-refractivity contribution in [2.45, 2.75) is 44.3 Å². The van der Waals surface area contributed by atoms with Crippen molar-refractivity contribution in [2.75, 3.05) is 18.4 Å². The third-order valence-corrected chi connectivity index (χ3v) is 6.95. The van der Waals surface area contributed by atoms with Gasteiger partial charge in [0.1, 0.15) is 18.0 Å². The number of hydrogen-bond donors (Lipinski definition) is 1. The molecule has 2 aromatic rings. The molecule has 2 atom stereocenters. The number of carbonyl (C=O) groups excluding carboxylic acids is 1. The van der Waals surface area contributed by atoms with E-state index < -0.39 is 5.82 Å². The van der Waals surface area contributed by atoms with Gasteiger partial charge in [-0.2, -0.15) is 9.37 Å². The maximum absolute atomic E-state index is 15.2. The zero-order valence-corrected chi connectivity index (χ0v) is 18.8. The van der Waals surface area contributed by atoms with Gasteiger partial charge in [0.25, 0.3) is 5.88 Å². The van der Waals surface area contributed by atoms with E-state index in [4.69, 9.17) is 27.6 Å². The Kier molecular flexibility index (Phi) is 5.49. The summed E-state index contributed by atoms with van der Waals surface area (Å²) in [7, 11) is 0. The molecule has 1 aliphatic heterocycles. The number of anilines is 2. The molecular formula is C23H23ClFN5O3. The first-order valence-corrected chi connectivity index (χ1v) is 11.3. The van der Waals surface area contributed by atoms with E-state index in [1.807, 2.05) is 6.92 Å². The summed E-state index contributed by atoms with van der Waals surface area (Å²) in [5, 5.41) is 3.13. The highest BCUT2D eigenvalue weighted by atomic mass is 35.5. The minimum atomic E-state index is -0.717. The van der Waals surface area contributed by atoms with Crippen LogP contribution in [0.15, 0.2) is 24.5 Å². The number of piperidine rings is 1. The van der Waals surface area contributed by atoms with Crippen LogP contribution in [0.1, 0.15) is 32.6 Å². The van der Waals surface area contributed by atoms with Gasteiger partial charge in [0.05, 0.1) is 17.3 Å². The van der Waals surface area contributed by atoms with E-state index in [9.17, 15) is 4.79 Å². The Hall–Kier alpha value is -3.12. The zero-order chi connectivity index (χ0) is 23.2. The Morgan fingerprint density at radius 1 is 1.30 bits per heavy atom. The Balaban J connectivity index is 1.28. The predicted molar refractivity (Wildman–Crippen MR) is 119 cm³/mol. The fourth-order valence-corrected chi connectivity index (χ4v) is 4.74. The maximum atomic E-state index is 15.2. The van der Waals surface area contributed by atoms with E-state index in [0.29, 0.717) is 24.5 Å². The Labute approximate surface area is 195 Å². The molecule has 5 rings (SSSR count). The molecule has 3 fully saturated rings. The first kappa shape index (κ1) is 21.7. The summed E-state index contributed by atoms with van der Waals surface area (Å²) >= 11 is 6.19. The lowest BCUT2D eigenvalue weighted by molar-refractivity contribution is 0.00712. The summed E-state index contributed by atoms with van der Waals surface area (Å²) in [6.45, 7) is 10.1. The van der Waals surface area contributed by atoms with Crippen molar-refractivity contribution in [2.24, 2.45) is 11.8 Å². The highest BCUT2D eigenvalue weighted by Gasteiger charge is 2.48. The molecule has 172 valence electrons. The van der Waals surface area contributed by atoms with Crippen molar-refractivity contribution in [1.29, 1.82) is 0 Å². The second-order valence-electron chi connectivity index (χ2n) is 9.15. The molecule has 1 aromatic heterocycles. The van der Waals surface area contributed by atoms with Gasteiger partial charge in [-0.1, -0.05) is 17.7 Å². The number of amides is 1. The second-order valence-corrected chi connectivity index (χ2v) is 9.55.